The molecule has 53 heavy (non-hydrogen) atoms. The summed E-state index contributed by atoms with van der Waals surface area (Å²) in [6, 6.07) is 0. The van der Waals surface area contributed by atoms with Crippen molar-refractivity contribution in [1.29, 1.82) is 0 Å². The van der Waals surface area contributed by atoms with Crippen LogP contribution in [0.15, 0.2) is 0 Å². The molecule has 0 fully saturated rings. The van der Waals surface area contributed by atoms with Gasteiger partial charge in [0.15, 0.2) is 0 Å². The lowest BCUT2D eigenvalue weighted by Crippen LogP contribution is -2.32. The molecular formula is C51H106N2. The van der Waals surface area contributed by atoms with Gasteiger partial charge < -0.3 is 9.80 Å². The zero-order valence-corrected chi connectivity index (χ0v) is 38.1. The molecule has 0 saturated heterocycles. The van der Waals surface area contributed by atoms with Gasteiger partial charge in [-0.2, -0.15) is 0 Å². The second-order valence-electron chi connectivity index (χ2n) is 17.8. The summed E-state index contributed by atoms with van der Waals surface area (Å²) < 4.78 is 0. The van der Waals surface area contributed by atoms with Gasteiger partial charge in [-0.25, -0.2) is 0 Å². The predicted octanol–water partition coefficient (Wildman–Crippen LogP) is 17.7. The van der Waals surface area contributed by atoms with Crippen molar-refractivity contribution in [2.45, 2.75) is 291 Å². The maximum Gasteiger partial charge on any atom is -0.000655 e. The van der Waals surface area contributed by atoms with Crippen LogP contribution in [0.2, 0.25) is 0 Å². The zero-order chi connectivity index (χ0) is 38.4. The minimum atomic E-state index is 1.33. The van der Waals surface area contributed by atoms with Crippen LogP contribution in [-0.4, -0.2) is 49.1 Å². The molecule has 0 rings (SSSR count). The number of hydrogen-bond acceptors (Lipinski definition) is 2. The van der Waals surface area contributed by atoms with E-state index in [0.29, 0.717) is 0 Å². The predicted molar refractivity (Wildman–Crippen MR) is 245 cm³/mol. The molecule has 0 radical (unpaired) electrons. The molecule has 0 unspecified atom stereocenters. The highest BCUT2D eigenvalue weighted by Gasteiger charge is 2.09. The van der Waals surface area contributed by atoms with Gasteiger partial charge >= 0.3 is 0 Å². The average Bonchev–Trinajstić information content (AvgIpc) is 3.17. The normalized spacial score (nSPS) is 11.9. The highest BCUT2D eigenvalue weighted by atomic mass is 15.1. The topological polar surface area (TPSA) is 6.48 Å². The molecule has 0 atom stereocenters. The smallest absolute Gasteiger partial charge is 0.000655 e. The summed E-state index contributed by atoms with van der Waals surface area (Å²) >= 11 is 0. The Kier molecular flexibility index (Phi) is 48.0. The summed E-state index contributed by atoms with van der Waals surface area (Å²) in [7, 11) is 0. The van der Waals surface area contributed by atoms with Gasteiger partial charge in [0.1, 0.15) is 0 Å². The zero-order valence-electron chi connectivity index (χ0n) is 38.1. The average molecular weight is 747 g/mol. The van der Waals surface area contributed by atoms with Crippen molar-refractivity contribution in [3.8, 4) is 0 Å². The highest BCUT2D eigenvalue weighted by molar-refractivity contribution is 4.65. The lowest BCUT2D eigenvalue weighted by molar-refractivity contribution is 0.215. The summed E-state index contributed by atoms with van der Waals surface area (Å²) in [5, 5.41) is 0. The largest absolute Gasteiger partial charge is 0.303 e. The van der Waals surface area contributed by atoms with Crippen LogP contribution in [0.1, 0.15) is 291 Å². The van der Waals surface area contributed by atoms with E-state index in [1.165, 1.54) is 303 Å². The van der Waals surface area contributed by atoms with Crippen molar-refractivity contribution in [3.63, 3.8) is 0 Å². The van der Waals surface area contributed by atoms with Gasteiger partial charge in [-0.3, -0.25) is 0 Å². The molecule has 2 nitrogen and oxygen atoms in total. The van der Waals surface area contributed by atoms with E-state index in [2.05, 4.69) is 37.5 Å². The Bertz CT molecular complexity index is 519. The van der Waals surface area contributed by atoms with Crippen LogP contribution in [0.5, 0.6) is 0 Å². The van der Waals surface area contributed by atoms with Crippen LogP contribution in [0.4, 0.5) is 0 Å². The van der Waals surface area contributed by atoms with E-state index in [0.717, 1.165) is 0 Å². The minimum Gasteiger partial charge on any atom is -0.303 e. The summed E-state index contributed by atoms with van der Waals surface area (Å²) in [6.45, 7) is 17.4. The first-order chi connectivity index (χ1) is 26.3. The van der Waals surface area contributed by atoms with Gasteiger partial charge in [0.2, 0.25) is 0 Å². The summed E-state index contributed by atoms with van der Waals surface area (Å²) in [4.78, 5) is 5.80. The van der Waals surface area contributed by atoms with Crippen LogP contribution in [-0.2, 0) is 0 Å². The second kappa shape index (κ2) is 48.1. The lowest BCUT2D eigenvalue weighted by atomic mass is 10.1. The number of nitrogens with zero attached hydrogens (tertiary/aromatic N) is 2. The van der Waals surface area contributed by atoms with Gasteiger partial charge in [-0.05, 0) is 71.4 Å². The fourth-order valence-electron chi connectivity index (χ4n) is 8.48. The van der Waals surface area contributed by atoms with Gasteiger partial charge in [-0.1, -0.05) is 259 Å². The van der Waals surface area contributed by atoms with Gasteiger partial charge in [0, 0.05) is 0 Å². The van der Waals surface area contributed by atoms with Crippen molar-refractivity contribution >= 4 is 0 Å². The van der Waals surface area contributed by atoms with Crippen molar-refractivity contribution in [2.75, 3.05) is 39.3 Å². The van der Waals surface area contributed by atoms with E-state index in [-0.39, 0.29) is 0 Å². The molecule has 2 heteroatoms. The van der Waals surface area contributed by atoms with Crippen LogP contribution >= 0.6 is 0 Å². The molecule has 0 aromatic heterocycles. The van der Waals surface area contributed by atoms with E-state index < -0.39 is 0 Å². The fraction of sp³-hybridized carbons (Fsp3) is 1.00. The van der Waals surface area contributed by atoms with E-state index in [9.17, 15) is 0 Å². The molecule has 0 bridgehead atoms. The fourth-order valence-corrected chi connectivity index (χ4v) is 8.48. The maximum atomic E-state index is 2.90. The van der Waals surface area contributed by atoms with Gasteiger partial charge in [0.25, 0.3) is 0 Å². The Morgan fingerprint density at radius 2 is 0.283 bits per heavy atom. The molecule has 0 saturated carbocycles. The standard InChI is InChI=1S/C51H106N2/c1-5-9-13-17-21-25-29-33-37-41-46-52(47-42-38-34-30-26-22-18-14-10-6-2)50-45-51-53(48-43-39-35-31-27-23-19-15-11-7-3)49-44-40-36-32-28-24-20-16-12-8-4/h5-51H2,1-4H3. The molecule has 320 valence electrons. The maximum absolute atomic E-state index is 2.90. The first kappa shape index (κ1) is 52.9. The van der Waals surface area contributed by atoms with Crippen LogP contribution in [0.25, 0.3) is 0 Å². The minimum absolute atomic E-state index is 1.33. The number of rotatable bonds is 48. The summed E-state index contributed by atoms with van der Waals surface area (Å²) in [5.74, 6) is 0. The SMILES string of the molecule is CCCCCCCCCCCCN(CCCCCCCCCCCC)CCCN(CCCCCCCCCCCC)CCCCCCCCCCCC. The number of hydrogen-bond donors (Lipinski definition) is 0. The third-order valence-corrected chi connectivity index (χ3v) is 12.3. The van der Waals surface area contributed by atoms with Crippen LogP contribution in [0.3, 0.4) is 0 Å². The van der Waals surface area contributed by atoms with Gasteiger partial charge in [-0.15, -0.1) is 0 Å². The Hall–Kier alpha value is -0.0800. The molecule has 0 aromatic rings. The number of unbranched alkanes of at least 4 members (excludes halogenated alkanes) is 36. The lowest BCUT2D eigenvalue weighted by Gasteiger charge is -2.26. The third-order valence-electron chi connectivity index (χ3n) is 12.3. The Labute approximate surface area is 339 Å². The van der Waals surface area contributed by atoms with Crippen LogP contribution < -0.4 is 0 Å². The molecular weight excluding hydrogens is 641 g/mol. The first-order valence-electron chi connectivity index (χ1n) is 25.7. The molecule has 0 spiro atoms. The van der Waals surface area contributed by atoms with E-state index in [1.807, 2.05) is 0 Å². The first-order valence-corrected chi connectivity index (χ1v) is 25.7. The Morgan fingerprint density at radius 1 is 0.151 bits per heavy atom. The summed E-state index contributed by atoms with van der Waals surface area (Å²) in [5.41, 5.74) is 0. The molecule has 0 heterocycles. The van der Waals surface area contributed by atoms with Crippen molar-refractivity contribution in [3.05, 3.63) is 0 Å². The molecule has 0 aliphatic rings. The van der Waals surface area contributed by atoms with E-state index in [1.54, 1.807) is 0 Å². The molecule has 0 amide bonds. The highest BCUT2D eigenvalue weighted by Crippen LogP contribution is 2.16. The van der Waals surface area contributed by atoms with Crippen molar-refractivity contribution in [1.82, 2.24) is 9.80 Å². The van der Waals surface area contributed by atoms with Crippen molar-refractivity contribution < 1.29 is 0 Å². The molecule has 0 N–H and O–H groups in total. The van der Waals surface area contributed by atoms with E-state index >= 15 is 0 Å². The Balaban J connectivity index is 4.63. The summed E-state index contributed by atoms with van der Waals surface area (Å²) in [6.07, 6.45) is 59.3. The second-order valence-corrected chi connectivity index (χ2v) is 17.8. The quantitative estimate of drug-likeness (QED) is 0.0572. The van der Waals surface area contributed by atoms with Gasteiger partial charge in [0.05, 0.1) is 0 Å². The van der Waals surface area contributed by atoms with Crippen molar-refractivity contribution in [2.24, 2.45) is 0 Å². The molecule has 0 aromatic carbocycles. The monoisotopic (exact) mass is 747 g/mol. The van der Waals surface area contributed by atoms with Crippen LogP contribution in [0, 0.1) is 0 Å². The molecule has 0 aliphatic carbocycles. The Morgan fingerprint density at radius 3 is 0.453 bits per heavy atom. The van der Waals surface area contributed by atoms with E-state index in [4.69, 9.17) is 0 Å². The third kappa shape index (κ3) is 44.5. The molecule has 0 aliphatic heterocycles.